The topological polar surface area (TPSA) is 240 Å². The molecule has 196 valence electrons. The van der Waals surface area contributed by atoms with E-state index < -0.39 is 66.2 Å². The van der Waals surface area contributed by atoms with Crippen LogP contribution in [-0.2, 0) is 24.0 Å². The largest absolute Gasteiger partial charge is 0.481 e. The van der Waals surface area contributed by atoms with Crippen molar-refractivity contribution in [3.05, 3.63) is 0 Å². The van der Waals surface area contributed by atoms with Crippen LogP contribution >= 0.6 is 0 Å². The zero-order valence-corrected chi connectivity index (χ0v) is 19.9. The van der Waals surface area contributed by atoms with Crippen molar-refractivity contribution in [1.29, 1.82) is 0 Å². The fourth-order valence-corrected chi connectivity index (χ4v) is 3.10. The molecule has 0 heterocycles. The molecule has 0 spiro atoms. The minimum absolute atomic E-state index is 0.163. The van der Waals surface area contributed by atoms with Crippen molar-refractivity contribution >= 4 is 29.7 Å². The van der Waals surface area contributed by atoms with Gasteiger partial charge < -0.3 is 43.4 Å². The molecule has 0 saturated carbocycles. The normalized spacial score (nSPS) is 14.5. The third-order valence-electron chi connectivity index (χ3n) is 5.13. The van der Waals surface area contributed by atoms with E-state index >= 15 is 0 Å². The molecule has 0 saturated heterocycles. The Morgan fingerprint density at radius 1 is 0.735 bits per heavy atom. The standard InChI is InChI=1S/C21H40N6O7/c1-12(2)17(20(32)25-14(21(33)34)8-4-6-10-23)27-19(31)15(11-16(28)29)26-18(30)13(24)7-3-5-9-22/h12-15,17H,3-11,22-24H2,1-2H3,(H,25,32)(H,26,30)(H,27,31)(H,28,29)(H,33,34). The summed E-state index contributed by atoms with van der Waals surface area (Å²) in [5, 5.41) is 25.7. The van der Waals surface area contributed by atoms with Gasteiger partial charge in [0.15, 0.2) is 0 Å². The van der Waals surface area contributed by atoms with E-state index in [4.69, 9.17) is 22.3 Å². The number of nitrogens with one attached hydrogen (secondary N) is 3. The lowest BCUT2D eigenvalue weighted by Gasteiger charge is -2.26. The molecule has 0 aromatic rings. The summed E-state index contributed by atoms with van der Waals surface area (Å²) < 4.78 is 0. The molecule has 34 heavy (non-hydrogen) atoms. The Bertz CT molecular complexity index is 689. The van der Waals surface area contributed by atoms with Gasteiger partial charge in [0.05, 0.1) is 12.5 Å². The lowest BCUT2D eigenvalue weighted by molar-refractivity contribution is -0.143. The number of aliphatic carboxylic acids is 2. The third-order valence-corrected chi connectivity index (χ3v) is 5.13. The van der Waals surface area contributed by atoms with Crippen LogP contribution in [0.5, 0.6) is 0 Å². The number of unbranched alkanes of at least 4 members (excludes halogenated alkanes) is 2. The summed E-state index contributed by atoms with van der Waals surface area (Å²) in [6.45, 7) is 4.09. The van der Waals surface area contributed by atoms with Gasteiger partial charge in [-0.05, 0) is 51.1 Å². The summed E-state index contributed by atoms with van der Waals surface area (Å²) in [5.74, 6) is -5.35. The van der Waals surface area contributed by atoms with Gasteiger partial charge in [0.2, 0.25) is 17.7 Å². The first-order valence-corrected chi connectivity index (χ1v) is 11.5. The zero-order chi connectivity index (χ0) is 26.3. The predicted octanol–water partition coefficient (Wildman–Crippen LogP) is -1.76. The lowest BCUT2D eigenvalue weighted by atomic mass is 10.0. The maximum absolute atomic E-state index is 12.8. The highest BCUT2D eigenvalue weighted by atomic mass is 16.4. The minimum atomic E-state index is -1.47. The van der Waals surface area contributed by atoms with Crippen molar-refractivity contribution in [2.24, 2.45) is 23.1 Å². The van der Waals surface area contributed by atoms with Gasteiger partial charge in [-0.3, -0.25) is 19.2 Å². The van der Waals surface area contributed by atoms with E-state index in [-0.39, 0.29) is 6.42 Å². The molecule has 0 radical (unpaired) electrons. The first-order chi connectivity index (χ1) is 15.9. The Labute approximate surface area is 199 Å². The number of carbonyl (C=O) groups excluding carboxylic acids is 3. The van der Waals surface area contributed by atoms with Gasteiger partial charge in [-0.1, -0.05) is 20.3 Å². The number of carboxylic acid groups (broad SMARTS) is 2. The van der Waals surface area contributed by atoms with Gasteiger partial charge in [-0.2, -0.15) is 0 Å². The van der Waals surface area contributed by atoms with E-state index in [2.05, 4.69) is 16.0 Å². The van der Waals surface area contributed by atoms with E-state index in [1.54, 1.807) is 13.8 Å². The van der Waals surface area contributed by atoms with Crippen molar-refractivity contribution in [1.82, 2.24) is 16.0 Å². The Balaban J connectivity index is 5.31. The molecular formula is C21H40N6O7. The number of carbonyl (C=O) groups is 5. The molecule has 0 rings (SSSR count). The maximum Gasteiger partial charge on any atom is 0.326 e. The summed E-state index contributed by atoms with van der Waals surface area (Å²) in [5.41, 5.74) is 16.6. The number of amides is 3. The second kappa shape index (κ2) is 16.8. The summed E-state index contributed by atoms with van der Waals surface area (Å²) in [6, 6.07) is -4.75. The molecule has 0 aromatic carbocycles. The molecule has 4 unspecified atom stereocenters. The van der Waals surface area contributed by atoms with Crippen LogP contribution in [0.2, 0.25) is 0 Å². The molecular weight excluding hydrogens is 448 g/mol. The van der Waals surface area contributed by atoms with Gasteiger partial charge in [0.1, 0.15) is 18.1 Å². The van der Waals surface area contributed by atoms with Crippen molar-refractivity contribution in [3.8, 4) is 0 Å². The van der Waals surface area contributed by atoms with Crippen LogP contribution < -0.4 is 33.2 Å². The van der Waals surface area contributed by atoms with Crippen molar-refractivity contribution in [3.63, 3.8) is 0 Å². The molecule has 13 heteroatoms. The highest BCUT2D eigenvalue weighted by molar-refractivity contribution is 5.95. The van der Waals surface area contributed by atoms with E-state index in [1.165, 1.54) is 0 Å². The van der Waals surface area contributed by atoms with Gasteiger partial charge in [-0.25, -0.2) is 4.79 Å². The van der Waals surface area contributed by atoms with E-state index in [1.807, 2.05) is 0 Å². The SMILES string of the molecule is CC(C)C(NC(=O)C(CC(=O)O)NC(=O)C(N)CCCCN)C(=O)NC(CCCCN)C(=O)O. The van der Waals surface area contributed by atoms with E-state index in [0.29, 0.717) is 45.2 Å². The summed E-state index contributed by atoms with van der Waals surface area (Å²) >= 11 is 0. The number of nitrogens with two attached hydrogens (primary N) is 3. The molecule has 0 aliphatic carbocycles. The highest BCUT2D eigenvalue weighted by Gasteiger charge is 2.32. The number of hydrogen-bond acceptors (Lipinski definition) is 8. The summed E-state index contributed by atoms with van der Waals surface area (Å²) in [7, 11) is 0. The first-order valence-electron chi connectivity index (χ1n) is 11.5. The molecule has 4 atom stereocenters. The fraction of sp³-hybridized carbons (Fsp3) is 0.762. The predicted molar refractivity (Wildman–Crippen MR) is 124 cm³/mol. The van der Waals surface area contributed by atoms with Crippen LogP contribution in [0.25, 0.3) is 0 Å². The highest BCUT2D eigenvalue weighted by Crippen LogP contribution is 2.07. The van der Waals surface area contributed by atoms with E-state index in [9.17, 15) is 29.1 Å². The molecule has 0 aromatic heterocycles. The quantitative estimate of drug-likeness (QED) is 0.101. The lowest BCUT2D eigenvalue weighted by Crippen LogP contribution is -2.58. The fourth-order valence-electron chi connectivity index (χ4n) is 3.10. The van der Waals surface area contributed by atoms with Crippen molar-refractivity contribution < 1.29 is 34.2 Å². The minimum Gasteiger partial charge on any atom is -0.481 e. The Kier molecular flexibility index (Phi) is 15.4. The molecule has 13 nitrogen and oxygen atoms in total. The summed E-state index contributed by atoms with van der Waals surface area (Å²) in [6.07, 6.45) is 2.08. The number of hydrogen-bond donors (Lipinski definition) is 8. The van der Waals surface area contributed by atoms with Crippen molar-refractivity contribution in [2.75, 3.05) is 13.1 Å². The van der Waals surface area contributed by atoms with E-state index in [0.717, 1.165) is 0 Å². The summed E-state index contributed by atoms with van der Waals surface area (Å²) in [4.78, 5) is 60.6. The molecule has 3 amide bonds. The number of rotatable bonds is 18. The van der Waals surface area contributed by atoms with Gasteiger partial charge in [0, 0.05) is 0 Å². The second-order valence-electron chi connectivity index (χ2n) is 8.46. The maximum atomic E-state index is 12.8. The van der Waals surface area contributed by atoms with Gasteiger partial charge in [-0.15, -0.1) is 0 Å². The van der Waals surface area contributed by atoms with Crippen molar-refractivity contribution in [2.45, 2.75) is 83.0 Å². The molecule has 0 bridgehead atoms. The average molecular weight is 489 g/mol. The Hall–Kier alpha value is -2.77. The molecule has 11 N–H and O–H groups in total. The Morgan fingerprint density at radius 2 is 1.26 bits per heavy atom. The third kappa shape index (κ3) is 12.5. The Morgan fingerprint density at radius 3 is 1.74 bits per heavy atom. The van der Waals surface area contributed by atoms with Gasteiger partial charge >= 0.3 is 11.9 Å². The van der Waals surface area contributed by atoms with Crippen LogP contribution in [0.15, 0.2) is 0 Å². The zero-order valence-electron chi connectivity index (χ0n) is 19.9. The van der Waals surface area contributed by atoms with Crippen LogP contribution in [0.4, 0.5) is 0 Å². The van der Waals surface area contributed by atoms with Crippen LogP contribution in [0.1, 0.15) is 58.8 Å². The van der Waals surface area contributed by atoms with Gasteiger partial charge in [0.25, 0.3) is 0 Å². The monoisotopic (exact) mass is 488 g/mol. The first kappa shape index (κ1) is 31.2. The van der Waals surface area contributed by atoms with Crippen LogP contribution in [0, 0.1) is 5.92 Å². The number of carboxylic acids is 2. The van der Waals surface area contributed by atoms with Crippen LogP contribution in [-0.4, -0.2) is 77.1 Å². The molecule has 0 aliphatic heterocycles. The van der Waals surface area contributed by atoms with Crippen LogP contribution in [0.3, 0.4) is 0 Å². The smallest absolute Gasteiger partial charge is 0.326 e. The molecule has 0 aliphatic rings. The average Bonchev–Trinajstić information content (AvgIpc) is 2.75. The second-order valence-corrected chi connectivity index (χ2v) is 8.46. The molecule has 0 fully saturated rings.